The van der Waals surface area contributed by atoms with Gasteiger partial charge in [-0.25, -0.2) is 0 Å². The van der Waals surface area contributed by atoms with Crippen LogP contribution < -0.4 is 44.1 Å². The van der Waals surface area contributed by atoms with Gasteiger partial charge >= 0.3 is 29.6 Å². The van der Waals surface area contributed by atoms with E-state index in [-0.39, 0.29) is 29.6 Å². The molecule has 0 N–H and O–H groups in total. The van der Waals surface area contributed by atoms with E-state index >= 15 is 0 Å². The summed E-state index contributed by atoms with van der Waals surface area (Å²) in [5.41, 5.74) is 2.44. The van der Waals surface area contributed by atoms with Gasteiger partial charge in [0.2, 0.25) is 0 Å². The number of hydrogen-bond acceptors (Lipinski definition) is 5. The molecule has 6 heteroatoms. The average molecular weight is 324 g/mol. The molecular formula is C16H13NaO4S. The molecule has 1 unspecified atom stereocenters. The minimum absolute atomic E-state index is 0. The molecule has 0 saturated heterocycles. The Morgan fingerprint density at radius 1 is 1.14 bits per heavy atom. The quantitative estimate of drug-likeness (QED) is 0.697. The molecular weight excluding hydrogens is 311 g/mol. The fourth-order valence-electron chi connectivity index (χ4n) is 2.58. The summed E-state index contributed by atoms with van der Waals surface area (Å²) >= 11 is 1.26. The third-order valence-corrected chi connectivity index (χ3v) is 4.76. The zero-order valence-electron chi connectivity index (χ0n) is 12.6. The summed E-state index contributed by atoms with van der Waals surface area (Å²) in [7, 11) is 3.16. The molecule has 0 radical (unpaired) electrons. The van der Waals surface area contributed by atoms with Crippen LogP contribution in [-0.2, 0) is 4.79 Å². The van der Waals surface area contributed by atoms with Crippen molar-refractivity contribution in [3.63, 3.8) is 0 Å². The van der Waals surface area contributed by atoms with Gasteiger partial charge in [-0.1, -0.05) is 24.3 Å². The van der Waals surface area contributed by atoms with E-state index in [9.17, 15) is 9.90 Å². The topological polar surface area (TPSA) is 58.6 Å². The van der Waals surface area contributed by atoms with Crippen molar-refractivity contribution in [1.29, 1.82) is 0 Å². The summed E-state index contributed by atoms with van der Waals surface area (Å²) in [6.45, 7) is 0. The summed E-state index contributed by atoms with van der Waals surface area (Å²) in [4.78, 5) is 12.3. The zero-order valence-corrected chi connectivity index (χ0v) is 15.4. The molecule has 0 bridgehead atoms. The summed E-state index contributed by atoms with van der Waals surface area (Å²) in [5.74, 6) is 0.151. The molecule has 108 valence electrons. The number of thioether (sulfide) groups is 1. The molecule has 2 aromatic rings. The first kappa shape index (κ1) is 17.2. The van der Waals surface area contributed by atoms with Crippen LogP contribution >= 0.6 is 11.8 Å². The Morgan fingerprint density at radius 2 is 1.86 bits per heavy atom. The Morgan fingerprint density at radius 3 is 2.50 bits per heavy atom. The van der Waals surface area contributed by atoms with Gasteiger partial charge in [0.05, 0.1) is 25.4 Å². The molecule has 1 heterocycles. The smallest absolute Gasteiger partial charge is 0.549 e. The van der Waals surface area contributed by atoms with Crippen molar-refractivity contribution in [3.8, 4) is 22.6 Å². The minimum atomic E-state index is -1.09. The van der Waals surface area contributed by atoms with Gasteiger partial charge in [0.15, 0.2) is 11.5 Å². The molecule has 0 saturated carbocycles. The maximum Gasteiger partial charge on any atom is 1.00 e. The number of methoxy groups -OCH3 is 2. The first-order chi connectivity index (χ1) is 10.2. The van der Waals surface area contributed by atoms with E-state index in [1.54, 1.807) is 20.3 Å². The van der Waals surface area contributed by atoms with E-state index in [1.807, 2.05) is 30.3 Å². The Balaban J connectivity index is 0.00000176. The van der Waals surface area contributed by atoms with Crippen molar-refractivity contribution in [2.75, 3.05) is 14.2 Å². The number of carbonyl (C=O) groups excluding carboxylic acids is 1. The predicted molar refractivity (Wildman–Crippen MR) is 78.6 cm³/mol. The van der Waals surface area contributed by atoms with Gasteiger partial charge in [-0.05, 0) is 23.3 Å². The van der Waals surface area contributed by atoms with Crippen LogP contribution in [0.1, 0.15) is 10.8 Å². The summed E-state index contributed by atoms with van der Waals surface area (Å²) in [6, 6.07) is 11.0. The number of benzene rings is 2. The standard InChI is InChI=1S/C16H14O4S.Na/c1-19-11-7-8-12-13(14(11)20-2)9-5-3-4-6-10(9)15(21-12)16(17)18;/h3-8,15H,1-2H3,(H,17,18);/q;+1/p-1. The molecule has 1 atom stereocenters. The summed E-state index contributed by atoms with van der Waals surface area (Å²) < 4.78 is 10.8. The largest absolute Gasteiger partial charge is 1.00 e. The van der Waals surface area contributed by atoms with E-state index < -0.39 is 11.2 Å². The third-order valence-electron chi connectivity index (χ3n) is 3.48. The minimum Gasteiger partial charge on any atom is -0.549 e. The second-order valence-electron chi connectivity index (χ2n) is 4.58. The van der Waals surface area contributed by atoms with E-state index in [4.69, 9.17) is 9.47 Å². The Bertz CT molecular complexity index is 717. The van der Waals surface area contributed by atoms with Gasteiger partial charge < -0.3 is 19.4 Å². The molecule has 0 aliphatic carbocycles. The van der Waals surface area contributed by atoms with Crippen molar-refractivity contribution in [2.24, 2.45) is 0 Å². The number of ether oxygens (including phenoxy) is 2. The van der Waals surface area contributed by atoms with E-state index in [0.29, 0.717) is 11.5 Å². The second-order valence-corrected chi connectivity index (χ2v) is 5.73. The molecule has 22 heavy (non-hydrogen) atoms. The van der Waals surface area contributed by atoms with Crippen LogP contribution in [0.5, 0.6) is 11.5 Å². The van der Waals surface area contributed by atoms with Crippen LogP contribution in [0.3, 0.4) is 0 Å². The second kappa shape index (κ2) is 6.96. The van der Waals surface area contributed by atoms with Gasteiger partial charge in [0.25, 0.3) is 0 Å². The third kappa shape index (κ3) is 2.74. The summed E-state index contributed by atoms with van der Waals surface area (Å²) in [6.07, 6.45) is 0. The zero-order chi connectivity index (χ0) is 15.0. The van der Waals surface area contributed by atoms with Gasteiger partial charge in [-0.2, -0.15) is 0 Å². The van der Waals surface area contributed by atoms with Crippen LogP contribution in [0.4, 0.5) is 0 Å². The number of carboxylic acids is 1. The van der Waals surface area contributed by atoms with Gasteiger partial charge in [-0.3, -0.25) is 0 Å². The number of hydrogen-bond donors (Lipinski definition) is 0. The first-order valence-electron chi connectivity index (χ1n) is 6.39. The van der Waals surface area contributed by atoms with Crippen LogP contribution in [0.2, 0.25) is 0 Å². The number of carboxylic acid groups (broad SMARTS) is 1. The maximum atomic E-state index is 11.4. The van der Waals surface area contributed by atoms with Gasteiger partial charge in [-0.15, -0.1) is 11.8 Å². The molecule has 1 aliphatic rings. The molecule has 1 aliphatic heterocycles. The fourth-order valence-corrected chi connectivity index (χ4v) is 3.73. The maximum absolute atomic E-state index is 11.4. The van der Waals surface area contributed by atoms with Crippen molar-refractivity contribution in [2.45, 2.75) is 10.1 Å². The number of rotatable bonds is 3. The average Bonchev–Trinajstić information content (AvgIpc) is 2.52. The van der Waals surface area contributed by atoms with Gasteiger partial charge in [0.1, 0.15) is 0 Å². The van der Waals surface area contributed by atoms with Crippen molar-refractivity contribution < 1.29 is 48.9 Å². The molecule has 2 aromatic carbocycles. The van der Waals surface area contributed by atoms with Crippen molar-refractivity contribution >= 4 is 17.7 Å². The molecule has 0 fully saturated rings. The fraction of sp³-hybridized carbons (Fsp3) is 0.188. The van der Waals surface area contributed by atoms with Crippen LogP contribution in [0.25, 0.3) is 11.1 Å². The molecule has 0 amide bonds. The van der Waals surface area contributed by atoms with E-state index in [0.717, 1.165) is 21.6 Å². The Hall–Kier alpha value is -1.14. The Kier molecular flexibility index (Phi) is 5.45. The number of fused-ring (bicyclic) bond motifs is 3. The van der Waals surface area contributed by atoms with E-state index in [1.165, 1.54) is 11.8 Å². The molecule has 4 nitrogen and oxygen atoms in total. The SMILES string of the molecule is COc1ccc2c(c1OC)-c1ccccc1C(C(=O)[O-])S2.[Na+]. The monoisotopic (exact) mass is 324 g/mol. The molecule has 3 rings (SSSR count). The molecule has 0 aromatic heterocycles. The van der Waals surface area contributed by atoms with Crippen molar-refractivity contribution in [1.82, 2.24) is 0 Å². The number of aliphatic carboxylic acids is 1. The van der Waals surface area contributed by atoms with E-state index in [2.05, 4.69) is 0 Å². The normalized spacial score (nSPS) is 15.1. The van der Waals surface area contributed by atoms with Crippen LogP contribution in [0.15, 0.2) is 41.3 Å². The predicted octanol–water partition coefficient (Wildman–Crippen LogP) is -0.729. The summed E-state index contributed by atoms with van der Waals surface area (Å²) in [5, 5.41) is 10.7. The first-order valence-corrected chi connectivity index (χ1v) is 7.27. The van der Waals surface area contributed by atoms with Gasteiger partial charge in [0, 0.05) is 10.5 Å². The Labute approximate surface area is 155 Å². The van der Waals surface area contributed by atoms with Crippen LogP contribution in [0, 0.1) is 0 Å². The number of carbonyl (C=O) groups is 1. The molecule has 0 spiro atoms. The van der Waals surface area contributed by atoms with Crippen molar-refractivity contribution in [3.05, 3.63) is 42.0 Å². The van der Waals surface area contributed by atoms with Crippen LogP contribution in [-0.4, -0.2) is 20.2 Å².